The Morgan fingerprint density at radius 1 is 1.29 bits per heavy atom. The molecule has 2 aliphatic carbocycles. The summed E-state index contributed by atoms with van der Waals surface area (Å²) >= 11 is 0. The van der Waals surface area contributed by atoms with Crippen molar-refractivity contribution in [2.45, 2.75) is 64.6 Å². The van der Waals surface area contributed by atoms with Gasteiger partial charge in [0.15, 0.2) is 5.96 Å². The minimum Gasteiger partial charge on any atom is -0.378 e. The number of aromatic nitrogens is 1. The molecule has 1 aromatic rings. The molecule has 2 unspecified atom stereocenters. The summed E-state index contributed by atoms with van der Waals surface area (Å²) in [5.41, 5.74) is 1.34. The molecule has 0 bridgehead atoms. The van der Waals surface area contributed by atoms with Gasteiger partial charge in [-0.05, 0) is 33.1 Å². The molecule has 3 fully saturated rings. The van der Waals surface area contributed by atoms with Crippen LogP contribution in [-0.2, 0) is 11.3 Å². The zero-order valence-electron chi connectivity index (χ0n) is 17.4. The predicted molar refractivity (Wildman–Crippen MR) is 109 cm³/mol. The molecule has 3 aliphatic rings. The van der Waals surface area contributed by atoms with Crippen LogP contribution in [0.3, 0.4) is 0 Å². The van der Waals surface area contributed by atoms with Crippen molar-refractivity contribution in [2.75, 3.05) is 39.3 Å². The SMILES string of the molecule is CCN=C(NC1CC(OCC)C12CCCC2)N1CCN(Cc2ccon2)CC1. The number of guanidine groups is 1. The van der Waals surface area contributed by atoms with Crippen LogP contribution in [0.2, 0.25) is 0 Å². The first-order valence-corrected chi connectivity index (χ1v) is 11.0. The number of aliphatic imine (C=N–C) groups is 1. The van der Waals surface area contributed by atoms with Gasteiger partial charge in [-0.2, -0.15) is 0 Å². The van der Waals surface area contributed by atoms with Gasteiger partial charge in [0, 0.05) is 63.4 Å². The minimum atomic E-state index is 0.333. The van der Waals surface area contributed by atoms with Crippen molar-refractivity contribution in [3.8, 4) is 0 Å². The van der Waals surface area contributed by atoms with Gasteiger partial charge >= 0.3 is 0 Å². The lowest BCUT2D eigenvalue weighted by Crippen LogP contribution is -2.66. The van der Waals surface area contributed by atoms with Gasteiger partial charge in [-0.25, -0.2) is 0 Å². The Kier molecular flexibility index (Phi) is 6.21. The number of hydrogen-bond acceptors (Lipinski definition) is 5. The molecule has 1 aromatic heterocycles. The second kappa shape index (κ2) is 8.82. The molecule has 2 heterocycles. The Labute approximate surface area is 168 Å². The maximum Gasteiger partial charge on any atom is 0.194 e. The van der Waals surface area contributed by atoms with E-state index in [0.717, 1.165) is 63.9 Å². The number of nitrogens with zero attached hydrogens (tertiary/aromatic N) is 4. The van der Waals surface area contributed by atoms with Crippen molar-refractivity contribution in [1.82, 2.24) is 20.3 Å². The fourth-order valence-electron chi connectivity index (χ4n) is 5.30. The monoisotopic (exact) mass is 389 g/mol. The smallest absolute Gasteiger partial charge is 0.194 e. The van der Waals surface area contributed by atoms with E-state index in [1.165, 1.54) is 25.7 Å². The average molecular weight is 390 g/mol. The first kappa shape index (κ1) is 19.7. The van der Waals surface area contributed by atoms with Crippen LogP contribution in [0.15, 0.2) is 21.8 Å². The first-order valence-electron chi connectivity index (χ1n) is 11.0. The van der Waals surface area contributed by atoms with Gasteiger partial charge in [0.05, 0.1) is 11.8 Å². The van der Waals surface area contributed by atoms with Crippen molar-refractivity contribution in [3.63, 3.8) is 0 Å². The van der Waals surface area contributed by atoms with Crippen LogP contribution in [0, 0.1) is 5.41 Å². The highest BCUT2D eigenvalue weighted by Gasteiger charge is 2.57. The van der Waals surface area contributed by atoms with Crippen LogP contribution in [-0.4, -0.2) is 72.4 Å². The second-order valence-corrected chi connectivity index (χ2v) is 8.37. The van der Waals surface area contributed by atoms with Crippen LogP contribution in [0.5, 0.6) is 0 Å². The third-order valence-electron chi connectivity index (χ3n) is 6.85. The fourth-order valence-corrected chi connectivity index (χ4v) is 5.30. The summed E-state index contributed by atoms with van der Waals surface area (Å²) in [6.45, 7) is 10.8. The maximum atomic E-state index is 6.08. The molecule has 7 heteroatoms. The molecule has 156 valence electrons. The molecular weight excluding hydrogens is 354 g/mol. The number of ether oxygens (including phenoxy) is 1. The summed E-state index contributed by atoms with van der Waals surface area (Å²) in [5, 5.41) is 7.89. The summed E-state index contributed by atoms with van der Waals surface area (Å²) in [4.78, 5) is 9.71. The molecule has 1 N–H and O–H groups in total. The van der Waals surface area contributed by atoms with E-state index < -0.39 is 0 Å². The van der Waals surface area contributed by atoms with Gasteiger partial charge in [-0.1, -0.05) is 18.0 Å². The Balaban J connectivity index is 1.34. The number of piperazine rings is 1. The normalized spacial score (nSPS) is 27.9. The quantitative estimate of drug-likeness (QED) is 0.596. The molecule has 2 atom stereocenters. The third kappa shape index (κ3) is 3.92. The highest BCUT2D eigenvalue weighted by atomic mass is 16.5. The molecule has 1 saturated heterocycles. The van der Waals surface area contributed by atoms with Gasteiger partial charge in [-0.15, -0.1) is 0 Å². The van der Waals surface area contributed by atoms with Crippen molar-refractivity contribution < 1.29 is 9.26 Å². The topological polar surface area (TPSA) is 66.1 Å². The zero-order chi connectivity index (χ0) is 19.4. The average Bonchev–Trinajstić information content (AvgIpc) is 3.40. The summed E-state index contributed by atoms with van der Waals surface area (Å²) in [6.07, 6.45) is 8.45. The zero-order valence-corrected chi connectivity index (χ0v) is 17.4. The highest BCUT2D eigenvalue weighted by Crippen LogP contribution is 2.54. The van der Waals surface area contributed by atoms with E-state index in [2.05, 4.69) is 34.1 Å². The summed E-state index contributed by atoms with van der Waals surface area (Å²) in [6, 6.07) is 2.45. The lowest BCUT2D eigenvalue weighted by atomic mass is 9.60. The van der Waals surface area contributed by atoms with E-state index in [4.69, 9.17) is 14.3 Å². The van der Waals surface area contributed by atoms with Gasteiger partial charge in [0.1, 0.15) is 6.26 Å². The van der Waals surface area contributed by atoms with Gasteiger partial charge in [0.25, 0.3) is 0 Å². The molecule has 28 heavy (non-hydrogen) atoms. The Bertz CT molecular complexity index is 633. The Morgan fingerprint density at radius 2 is 2.07 bits per heavy atom. The second-order valence-electron chi connectivity index (χ2n) is 8.37. The molecule has 2 saturated carbocycles. The number of nitrogens with one attached hydrogen (secondary N) is 1. The number of hydrogen-bond donors (Lipinski definition) is 1. The molecule has 1 spiro atoms. The lowest BCUT2D eigenvalue weighted by Gasteiger charge is -2.55. The van der Waals surface area contributed by atoms with Crippen molar-refractivity contribution in [1.29, 1.82) is 0 Å². The number of rotatable bonds is 6. The van der Waals surface area contributed by atoms with E-state index in [-0.39, 0.29) is 0 Å². The van der Waals surface area contributed by atoms with Crippen LogP contribution in [0.25, 0.3) is 0 Å². The van der Waals surface area contributed by atoms with Gasteiger partial charge in [0.2, 0.25) is 0 Å². The van der Waals surface area contributed by atoms with Crippen LogP contribution >= 0.6 is 0 Å². The van der Waals surface area contributed by atoms with Crippen LogP contribution < -0.4 is 5.32 Å². The van der Waals surface area contributed by atoms with E-state index >= 15 is 0 Å². The van der Waals surface area contributed by atoms with E-state index in [0.29, 0.717) is 17.6 Å². The fraction of sp³-hybridized carbons (Fsp3) is 0.810. The summed E-state index contributed by atoms with van der Waals surface area (Å²) in [7, 11) is 0. The Morgan fingerprint density at radius 3 is 2.71 bits per heavy atom. The largest absolute Gasteiger partial charge is 0.378 e. The molecular formula is C21H35N5O2. The third-order valence-corrected chi connectivity index (χ3v) is 6.85. The molecule has 1 aliphatic heterocycles. The van der Waals surface area contributed by atoms with Crippen LogP contribution in [0.1, 0.15) is 51.6 Å². The molecule has 0 radical (unpaired) electrons. The van der Waals surface area contributed by atoms with Gasteiger partial charge < -0.3 is 19.5 Å². The van der Waals surface area contributed by atoms with Crippen molar-refractivity contribution in [2.24, 2.45) is 10.4 Å². The van der Waals surface area contributed by atoms with Gasteiger partial charge in [-0.3, -0.25) is 9.89 Å². The Hall–Kier alpha value is -1.60. The molecule has 0 aromatic carbocycles. The van der Waals surface area contributed by atoms with E-state index in [9.17, 15) is 0 Å². The summed E-state index contributed by atoms with van der Waals surface area (Å²) < 4.78 is 11.0. The van der Waals surface area contributed by atoms with Crippen molar-refractivity contribution >= 4 is 5.96 Å². The first-order chi connectivity index (χ1) is 13.7. The molecule has 7 nitrogen and oxygen atoms in total. The molecule has 4 rings (SSSR count). The van der Waals surface area contributed by atoms with Crippen LogP contribution in [0.4, 0.5) is 0 Å². The standard InChI is InChI=1S/C21H35N5O2/c1-3-22-20(23-18-15-19(27-4-2)21(18)8-5-6-9-21)26-12-10-25(11-13-26)16-17-7-14-28-24-17/h7,14,18-19H,3-6,8-13,15-16H2,1-2H3,(H,22,23). The van der Waals surface area contributed by atoms with E-state index in [1.54, 1.807) is 6.26 Å². The maximum absolute atomic E-state index is 6.08. The predicted octanol–water partition coefficient (Wildman–Crippen LogP) is 2.50. The lowest BCUT2D eigenvalue weighted by molar-refractivity contribution is -0.126. The summed E-state index contributed by atoms with van der Waals surface area (Å²) in [5.74, 6) is 1.09. The highest BCUT2D eigenvalue weighted by molar-refractivity contribution is 5.80. The van der Waals surface area contributed by atoms with E-state index in [1.807, 2.05) is 6.07 Å². The van der Waals surface area contributed by atoms with Crippen molar-refractivity contribution in [3.05, 3.63) is 18.0 Å². The minimum absolute atomic E-state index is 0.333. The molecule has 0 amide bonds.